The zero-order valence-corrected chi connectivity index (χ0v) is 14.6. The minimum Gasteiger partial charge on any atom is -0.482 e. The molecule has 2 rings (SSSR count). The van der Waals surface area contributed by atoms with Gasteiger partial charge in [0.1, 0.15) is 5.75 Å². The molecule has 120 valence electrons. The number of benzene rings is 2. The predicted octanol–water partition coefficient (Wildman–Crippen LogP) is 3.87. The van der Waals surface area contributed by atoms with Crippen molar-refractivity contribution in [1.82, 2.24) is 0 Å². The van der Waals surface area contributed by atoms with Crippen LogP contribution in [0.4, 0.5) is 0 Å². The van der Waals surface area contributed by atoms with E-state index in [0.29, 0.717) is 11.3 Å². The van der Waals surface area contributed by atoms with Gasteiger partial charge in [0.2, 0.25) is 0 Å². The molecule has 5 heteroatoms. The summed E-state index contributed by atoms with van der Waals surface area (Å²) in [5, 5.41) is 0. The number of esters is 1. The largest absolute Gasteiger partial charge is 0.482 e. The Morgan fingerprint density at radius 1 is 1.00 bits per heavy atom. The van der Waals surface area contributed by atoms with E-state index in [1.165, 1.54) is 0 Å². The van der Waals surface area contributed by atoms with Gasteiger partial charge in [0.05, 0.1) is 0 Å². The van der Waals surface area contributed by atoms with Crippen LogP contribution in [-0.2, 0) is 9.53 Å². The number of ether oxygens (including phenoxy) is 2. The molecular weight excluding hydrogens is 360 g/mol. The Morgan fingerprint density at radius 2 is 1.78 bits per heavy atom. The number of aryl methyl sites for hydroxylation is 2. The van der Waals surface area contributed by atoms with Crippen LogP contribution in [0.5, 0.6) is 5.75 Å². The molecule has 0 aliphatic rings. The van der Waals surface area contributed by atoms with E-state index >= 15 is 0 Å². The van der Waals surface area contributed by atoms with Crippen LogP contribution >= 0.6 is 15.9 Å². The molecule has 0 N–H and O–H groups in total. The first-order chi connectivity index (χ1) is 11.0. The number of ketones is 1. The second kappa shape index (κ2) is 7.92. The number of hydrogen-bond acceptors (Lipinski definition) is 4. The number of Topliss-reactive ketones (excluding diaryl/α,β-unsaturated/α-hetero) is 1. The van der Waals surface area contributed by atoms with Gasteiger partial charge in [-0.25, -0.2) is 4.79 Å². The number of hydrogen-bond donors (Lipinski definition) is 0. The highest BCUT2D eigenvalue weighted by Gasteiger charge is 2.11. The zero-order valence-electron chi connectivity index (χ0n) is 13.0. The van der Waals surface area contributed by atoms with E-state index in [-0.39, 0.29) is 19.0 Å². The van der Waals surface area contributed by atoms with Crippen molar-refractivity contribution in [1.29, 1.82) is 0 Å². The third kappa shape index (κ3) is 5.21. The maximum atomic E-state index is 11.9. The average molecular weight is 377 g/mol. The highest BCUT2D eigenvalue weighted by Crippen LogP contribution is 2.16. The van der Waals surface area contributed by atoms with Crippen molar-refractivity contribution in [3.8, 4) is 5.75 Å². The Hall–Kier alpha value is -2.14. The highest BCUT2D eigenvalue weighted by atomic mass is 79.9. The molecule has 0 aliphatic carbocycles. The normalized spacial score (nSPS) is 10.2. The van der Waals surface area contributed by atoms with Gasteiger partial charge in [-0.2, -0.15) is 0 Å². The Kier molecular flexibility index (Phi) is 5.93. The minimum absolute atomic E-state index is 0.228. The van der Waals surface area contributed by atoms with E-state index < -0.39 is 5.97 Å². The Bertz CT molecular complexity index is 725. The molecule has 0 radical (unpaired) electrons. The van der Waals surface area contributed by atoms with Gasteiger partial charge in [0.15, 0.2) is 19.0 Å². The first-order valence-corrected chi connectivity index (χ1v) is 7.89. The van der Waals surface area contributed by atoms with E-state index in [1.807, 2.05) is 32.0 Å². The van der Waals surface area contributed by atoms with Gasteiger partial charge in [0, 0.05) is 10.0 Å². The van der Waals surface area contributed by atoms with E-state index in [0.717, 1.165) is 15.6 Å². The molecule has 0 spiro atoms. The molecule has 0 unspecified atom stereocenters. The summed E-state index contributed by atoms with van der Waals surface area (Å²) in [5.74, 6) is -0.235. The second-order valence-electron chi connectivity index (χ2n) is 5.13. The summed E-state index contributed by atoms with van der Waals surface area (Å²) < 4.78 is 11.1. The number of rotatable bonds is 6. The zero-order chi connectivity index (χ0) is 16.8. The van der Waals surface area contributed by atoms with Crippen LogP contribution in [0.25, 0.3) is 0 Å². The average Bonchev–Trinajstić information content (AvgIpc) is 2.53. The fourth-order valence-electron chi connectivity index (χ4n) is 1.88. The predicted molar refractivity (Wildman–Crippen MR) is 90.8 cm³/mol. The van der Waals surface area contributed by atoms with E-state index in [2.05, 4.69) is 15.9 Å². The summed E-state index contributed by atoms with van der Waals surface area (Å²) in [6.07, 6.45) is 0. The fourth-order valence-corrected chi connectivity index (χ4v) is 2.28. The molecule has 0 fully saturated rings. The maximum absolute atomic E-state index is 11.9. The Morgan fingerprint density at radius 3 is 2.48 bits per heavy atom. The molecule has 23 heavy (non-hydrogen) atoms. The SMILES string of the molecule is Cc1ccc(OCC(=O)OCC(=O)c2cccc(Br)c2)cc1C. The molecule has 0 amide bonds. The number of carbonyl (C=O) groups excluding carboxylic acids is 2. The molecule has 0 atom stereocenters. The number of carbonyl (C=O) groups is 2. The quantitative estimate of drug-likeness (QED) is 0.567. The van der Waals surface area contributed by atoms with Crippen molar-refractivity contribution >= 4 is 27.7 Å². The highest BCUT2D eigenvalue weighted by molar-refractivity contribution is 9.10. The third-order valence-corrected chi connectivity index (χ3v) is 3.84. The van der Waals surface area contributed by atoms with Crippen LogP contribution < -0.4 is 4.74 Å². The van der Waals surface area contributed by atoms with Crippen molar-refractivity contribution in [2.75, 3.05) is 13.2 Å². The van der Waals surface area contributed by atoms with Gasteiger partial charge >= 0.3 is 5.97 Å². The first kappa shape index (κ1) is 17.2. The monoisotopic (exact) mass is 376 g/mol. The molecule has 2 aromatic carbocycles. The maximum Gasteiger partial charge on any atom is 0.344 e. The van der Waals surface area contributed by atoms with Gasteiger partial charge in [-0.1, -0.05) is 34.1 Å². The van der Waals surface area contributed by atoms with Crippen LogP contribution in [0, 0.1) is 13.8 Å². The topological polar surface area (TPSA) is 52.6 Å². The van der Waals surface area contributed by atoms with Crippen LogP contribution in [0.15, 0.2) is 46.9 Å². The van der Waals surface area contributed by atoms with Gasteiger partial charge in [-0.15, -0.1) is 0 Å². The minimum atomic E-state index is -0.577. The lowest BCUT2D eigenvalue weighted by Crippen LogP contribution is -2.19. The smallest absolute Gasteiger partial charge is 0.344 e. The van der Waals surface area contributed by atoms with E-state index in [1.54, 1.807) is 24.3 Å². The summed E-state index contributed by atoms with van der Waals surface area (Å²) in [4.78, 5) is 23.6. The Balaban J connectivity index is 1.81. The lowest BCUT2D eigenvalue weighted by Gasteiger charge is -2.08. The summed E-state index contributed by atoms with van der Waals surface area (Å²) in [5.41, 5.74) is 2.72. The van der Waals surface area contributed by atoms with Crippen LogP contribution in [-0.4, -0.2) is 25.0 Å². The summed E-state index contributed by atoms with van der Waals surface area (Å²) in [6.45, 7) is 3.44. The van der Waals surface area contributed by atoms with Crippen LogP contribution in [0.3, 0.4) is 0 Å². The van der Waals surface area contributed by atoms with Crippen molar-refractivity contribution in [2.45, 2.75) is 13.8 Å². The van der Waals surface area contributed by atoms with E-state index in [4.69, 9.17) is 9.47 Å². The first-order valence-electron chi connectivity index (χ1n) is 7.10. The van der Waals surface area contributed by atoms with Gasteiger partial charge < -0.3 is 9.47 Å². The van der Waals surface area contributed by atoms with Crippen LogP contribution in [0.2, 0.25) is 0 Å². The molecule has 0 aromatic heterocycles. The van der Waals surface area contributed by atoms with Crippen molar-refractivity contribution in [2.24, 2.45) is 0 Å². The summed E-state index contributed by atoms with van der Waals surface area (Å²) >= 11 is 3.29. The molecule has 0 bridgehead atoms. The van der Waals surface area contributed by atoms with Crippen molar-refractivity contribution < 1.29 is 19.1 Å². The van der Waals surface area contributed by atoms with E-state index in [9.17, 15) is 9.59 Å². The standard InChI is InChI=1S/C18H17BrO4/c1-12-6-7-16(8-13(12)2)22-11-18(21)23-10-17(20)14-4-3-5-15(19)9-14/h3-9H,10-11H2,1-2H3. The lowest BCUT2D eigenvalue weighted by molar-refractivity contribution is -0.144. The molecule has 4 nitrogen and oxygen atoms in total. The van der Waals surface area contributed by atoms with Gasteiger partial charge in [-0.05, 0) is 49.2 Å². The summed E-state index contributed by atoms with van der Waals surface area (Å²) in [7, 11) is 0. The molecule has 0 saturated carbocycles. The van der Waals surface area contributed by atoms with Crippen molar-refractivity contribution in [3.05, 3.63) is 63.6 Å². The molecule has 0 saturated heterocycles. The van der Waals surface area contributed by atoms with Gasteiger partial charge in [-0.3, -0.25) is 4.79 Å². The molecule has 2 aromatic rings. The number of halogens is 1. The third-order valence-electron chi connectivity index (χ3n) is 3.35. The summed E-state index contributed by atoms with van der Waals surface area (Å²) in [6, 6.07) is 12.5. The van der Waals surface area contributed by atoms with Gasteiger partial charge in [0.25, 0.3) is 0 Å². The van der Waals surface area contributed by atoms with Crippen molar-refractivity contribution in [3.63, 3.8) is 0 Å². The molecule has 0 aliphatic heterocycles. The Labute approximate surface area is 143 Å². The molecular formula is C18H17BrO4. The second-order valence-corrected chi connectivity index (χ2v) is 6.04. The molecule has 0 heterocycles. The van der Waals surface area contributed by atoms with Crippen LogP contribution in [0.1, 0.15) is 21.5 Å². The fraction of sp³-hybridized carbons (Fsp3) is 0.222. The lowest BCUT2D eigenvalue weighted by atomic mass is 10.1.